The lowest BCUT2D eigenvalue weighted by molar-refractivity contribution is -0.142. The molecule has 0 aliphatic carbocycles. The molecule has 0 saturated carbocycles. The molecule has 2 aromatic rings. The van der Waals surface area contributed by atoms with E-state index in [9.17, 15) is 19.5 Å². The van der Waals surface area contributed by atoms with E-state index in [1.54, 1.807) is 17.8 Å². The maximum atomic E-state index is 12.2. The molecule has 9 heteroatoms. The Balaban J connectivity index is 2.14. The molecule has 0 saturated heterocycles. The Hall–Kier alpha value is -2.26. The minimum absolute atomic E-state index is 0.312. The van der Waals surface area contributed by atoms with Crippen LogP contribution in [-0.4, -0.2) is 51.1 Å². The number of amides is 1. The number of rotatable bonds is 9. The van der Waals surface area contributed by atoms with Gasteiger partial charge in [0.1, 0.15) is 12.6 Å². The number of hydrogen-bond acceptors (Lipinski definition) is 6. The van der Waals surface area contributed by atoms with E-state index in [1.165, 1.54) is 17.8 Å². The standard InChI is InChI=1S/C18H21N3O4S2/c1-26-10-9-15(18(24)25)19-16(22)11-21-17(23)8-7-14(20-21)12-3-5-13(27-2)6-4-12/h3-8,15H,9-11H2,1-2H3,(H,19,22)(H,24,25)/t15-/m0/s1. The fourth-order valence-electron chi connectivity index (χ4n) is 2.35. The van der Waals surface area contributed by atoms with Gasteiger partial charge >= 0.3 is 5.97 Å². The highest BCUT2D eigenvalue weighted by Crippen LogP contribution is 2.20. The van der Waals surface area contributed by atoms with Gasteiger partial charge in [-0.25, -0.2) is 9.48 Å². The highest BCUT2D eigenvalue weighted by Gasteiger charge is 2.20. The summed E-state index contributed by atoms with van der Waals surface area (Å²) in [5, 5.41) is 15.9. The van der Waals surface area contributed by atoms with E-state index in [0.717, 1.165) is 15.1 Å². The largest absolute Gasteiger partial charge is 0.480 e. The van der Waals surface area contributed by atoms with Gasteiger partial charge in [-0.3, -0.25) is 9.59 Å². The van der Waals surface area contributed by atoms with Crippen molar-refractivity contribution in [2.24, 2.45) is 0 Å². The second-order valence-electron chi connectivity index (χ2n) is 5.68. The van der Waals surface area contributed by atoms with Crippen molar-refractivity contribution in [2.75, 3.05) is 18.3 Å². The number of carbonyl (C=O) groups excluding carboxylic acids is 1. The van der Waals surface area contributed by atoms with E-state index in [2.05, 4.69) is 10.4 Å². The topological polar surface area (TPSA) is 101 Å². The highest BCUT2D eigenvalue weighted by molar-refractivity contribution is 7.98. The zero-order chi connectivity index (χ0) is 19.8. The van der Waals surface area contributed by atoms with Crippen LogP contribution < -0.4 is 10.9 Å². The first kappa shape index (κ1) is 21.0. The first-order valence-corrected chi connectivity index (χ1v) is 10.8. The molecule has 2 N–H and O–H groups in total. The van der Waals surface area contributed by atoms with Gasteiger partial charge in [-0.1, -0.05) is 12.1 Å². The van der Waals surface area contributed by atoms with Gasteiger partial charge in [-0.15, -0.1) is 11.8 Å². The van der Waals surface area contributed by atoms with Gasteiger partial charge in [-0.2, -0.15) is 16.9 Å². The number of carbonyl (C=O) groups is 2. The van der Waals surface area contributed by atoms with Crippen LogP contribution in [0.15, 0.2) is 46.1 Å². The Morgan fingerprint density at radius 1 is 1.19 bits per heavy atom. The zero-order valence-corrected chi connectivity index (χ0v) is 16.7. The van der Waals surface area contributed by atoms with Gasteiger partial charge in [-0.05, 0) is 42.9 Å². The van der Waals surface area contributed by atoms with Crippen LogP contribution in [0, 0.1) is 0 Å². The molecule has 0 bridgehead atoms. The van der Waals surface area contributed by atoms with E-state index in [-0.39, 0.29) is 6.54 Å². The number of hydrogen-bond donors (Lipinski definition) is 2. The van der Waals surface area contributed by atoms with Crippen molar-refractivity contribution in [3.05, 3.63) is 46.8 Å². The normalized spacial score (nSPS) is 11.8. The van der Waals surface area contributed by atoms with Gasteiger partial charge in [0.2, 0.25) is 5.91 Å². The van der Waals surface area contributed by atoms with Gasteiger partial charge in [0.25, 0.3) is 5.56 Å². The number of carboxylic acid groups (broad SMARTS) is 1. The maximum absolute atomic E-state index is 12.2. The predicted octanol–water partition coefficient (Wildman–Crippen LogP) is 1.95. The van der Waals surface area contributed by atoms with Crippen molar-refractivity contribution in [3.8, 4) is 11.3 Å². The van der Waals surface area contributed by atoms with Gasteiger partial charge in [0.05, 0.1) is 5.69 Å². The van der Waals surface area contributed by atoms with Gasteiger partial charge in [0, 0.05) is 16.5 Å². The van der Waals surface area contributed by atoms with Crippen LogP contribution >= 0.6 is 23.5 Å². The molecule has 2 rings (SSSR count). The van der Waals surface area contributed by atoms with Crippen LogP contribution in [0.25, 0.3) is 11.3 Å². The number of benzene rings is 1. The van der Waals surface area contributed by atoms with E-state index in [1.807, 2.05) is 36.8 Å². The lowest BCUT2D eigenvalue weighted by Crippen LogP contribution is -2.44. The Bertz CT molecular complexity index is 852. The van der Waals surface area contributed by atoms with E-state index in [4.69, 9.17) is 0 Å². The highest BCUT2D eigenvalue weighted by atomic mass is 32.2. The van der Waals surface area contributed by atoms with E-state index < -0.39 is 23.5 Å². The first-order chi connectivity index (χ1) is 12.9. The number of aliphatic carboxylic acids is 1. The summed E-state index contributed by atoms with van der Waals surface area (Å²) in [6.45, 7) is -0.335. The molecule has 7 nitrogen and oxygen atoms in total. The van der Waals surface area contributed by atoms with Gasteiger partial charge in [0.15, 0.2) is 0 Å². The van der Waals surface area contributed by atoms with Crippen LogP contribution in [0.2, 0.25) is 0 Å². The molecule has 0 fully saturated rings. The molecule has 27 heavy (non-hydrogen) atoms. The summed E-state index contributed by atoms with van der Waals surface area (Å²) in [6.07, 6.45) is 4.16. The van der Waals surface area contributed by atoms with Crippen LogP contribution in [-0.2, 0) is 16.1 Å². The van der Waals surface area contributed by atoms with Crippen molar-refractivity contribution in [1.29, 1.82) is 0 Å². The molecule has 144 valence electrons. The third kappa shape index (κ3) is 6.14. The maximum Gasteiger partial charge on any atom is 0.326 e. The van der Waals surface area contributed by atoms with Crippen LogP contribution in [0.3, 0.4) is 0 Å². The van der Waals surface area contributed by atoms with Crippen LogP contribution in [0.5, 0.6) is 0 Å². The molecule has 1 aromatic carbocycles. The minimum Gasteiger partial charge on any atom is -0.480 e. The molecule has 0 spiro atoms. The van der Waals surface area contributed by atoms with Crippen LogP contribution in [0.4, 0.5) is 0 Å². The lowest BCUT2D eigenvalue weighted by Gasteiger charge is -2.14. The SMILES string of the molecule is CSCC[C@H](NC(=O)Cn1nc(-c2ccc(SC)cc2)ccc1=O)C(=O)O. The summed E-state index contributed by atoms with van der Waals surface area (Å²) < 4.78 is 1.04. The zero-order valence-electron chi connectivity index (χ0n) is 15.0. The second-order valence-corrected chi connectivity index (χ2v) is 7.55. The third-order valence-electron chi connectivity index (χ3n) is 3.79. The van der Waals surface area contributed by atoms with E-state index in [0.29, 0.717) is 17.9 Å². The lowest BCUT2D eigenvalue weighted by atomic mass is 10.1. The molecular formula is C18H21N3O4S2. The summed E-state index contributed by atoms with van der Waals surface area (Å²) in [4.78, 5) is 36.6. The molecule has 0 unspecified atom stereocenters. The summed E-state index contributed by atoms with van der Waals surface area (Å²) in [7, 11) is 0. The number of aromatic nitrogens is 2. The van der Waals surface area contributed by atoms with E-state index >= 15 is 0 Å². The smallest absolute Gasteiger partial charge is 0.326 e. The average molecular weight is 408 g/mol. The van der Waals surface area contributed by atoms with Crippen LogP contribution in [0.1, 0.15) is 6.42 Å². The quantitative estimate of drug-likeness (QED) is 0.613. The Kier molecular flexibility index (Phi) is 7.93. The number of nitrogens with zero attached hydrogens (tertiary/aromatic N) is 2. The van der Waals surface area contributed by atoms with Crippen molar-refractivity contribution in [1.82, 2.24) is 15.1 Å². The minimum atomic E-state index is -1.10. The summed E-state index contributed by atoms with van der Waals surface area (Å²) in [6, 6.07) is 9.66. The Morgan fingerprint density at radius 3 is 2.48 bits per heavy atom. The van der Waals surface area contributed by atoms with Gasteiger partial charge < -0.3 is 10.4 Å². The van der Waals surface area contributed by atoms with Crippen molar-refractivity contribution >= 4 is 35.4 Å². The number of thioether (sulfide) groups is 2. The molecule has 0 radical (unpaired) electrons. The first-order valence-electron chi connectivity index (χ1n) is 8.18. The molecular weight excluding hydrogens is 386 g/mol. The second kappa shape index (κ2) is 10.2. The van der Waals surface area contributed by atoms with Crippen molar-refractivity contribution < 1.29 is 14.7 Å². The molecule has 1 atom stereocenters. The number of carboxylic acids is 1. The Morgan fingerprint density at radius 2 is 1.89 bits per heavy atom. The monoisotopic (exact) mass is 407 g/mol. The molecule has 0 aliphatic rings. The van der Waals surface area contributed by atoms with Crippen molar-refractivity contribution in [2.45, 2.75) is 23.9 Å². The molecule has 0 aliphatic heterocycles. The summed E-state index contributed by atoms with van der Waals surface area (Å²) in [5.74, 6) is -1.05. The fraction of sp³-hybridized carbons (Fsp3) is 0.333. The Labute approximate surface area is 165 Å². The third-order valence-corrected chi connectivity index (χ3v) is 5.18. The molecule has 1 amide bonds. The summed E-state index contributed by atoms with van der Waals surface area (Å²) >= 11 is 3.12. The molecule has 1 aromatic heterocycles. The average Bonchev–Trinajstić information content (AvgIpc) is 2.66. The van der Waals surface area contributed by atoms with Crippen molar-refractivity contribution in [3.63, 3.8) is 0 Å². The molecule has 1 heterocycles. The fourth-order valence-corrected chi connectivity index (χ4v) is 3.23. The summed E-state index contributed by atoms with van der Waals surface area (Å²) in [5.41, 5.74) is 0.961. The predicted molar refractivity (Wildman–Crippen MR) is 108 cm³/mol. The number of nitrogens with one attached hydrogen (secondary N) is 1.